The highest BCUT2D eigenvalue weighted by atomic mass is 35.5. The molecular weight excluding hydrogens is 1310 g/mol. The number of thioether (sulfide) groups is 1. The van der Waals surface area contributed by atoms with Crippen molar-refractivity contribution in [3.63, 3.8) is 0 Å². The number of aryl methyl sites for hydroxylation is 6. The van der Waals surface area contributed by atoms with Crippen LogP contribution in [-0.4, -0.2) is 105 Å². The number of ketones is 3. The molecule has 3 amide bonds. The van der Waals surface area contributed by atoms with Crippen molar-refractivity contribution in [3.05, 3.63) is 166 Å². The van der Waals surface area contributed by atoms with E-state index in [1.165, 1.54) is 47.1 Å². The number of rotatable bonds is 18. The summed E-state index contributed by atoms with van der Waals surface area (Å²) < 4.78 is 9.86. The molecule has 6 aromatic heterocycles. The number of esters is 1. The number of nitrogens with one attached hydrogen (secondary N) is 3. The second-order valence-corrected chi connectivity index (χ2v) is 27.7. The van der Waals surface area contributed by atoms with Gasteiger partial charge in [-0.05, 0) is 126 Å². The number of benzene rings is 4. The highest BCUT2D eigenvalue weighted by molar-refractivity contribution is 8.00. The lowest BCUT2D eigenvalue weighted by atomic mass is 9.86. The van der Waals surface area contributed by atoms with Crippen LogP contribution in [0.1, 0.15) is 119 Å². The predicted molar refractivity (Wildman–Crippen MR) is 370 cm³/mol. The molecule has 6 heterocycles. The summed E-state index contributed by atoms with van der Waals surface area (Å²) in [5, 5.41) is 9.99. The monoisotopic (exact) mass is 1380 g/mol. The second-order valence-electron chi connectivity index (χ2n) is 25.5. The first-order valence-electron chi connectivity index (χ1n) is 30.6. The van der Waals surface area contributed by atoms with Crippen molar-refractivity contribution in [1.29, 1.82) is 0 Å². The molecule has 0 aliphatic heterocycles. The molecule has 0 saturated heterocycles. The number of fused-ring (bicyclic) bond motifs is 3. The summed E-state index contributed by atoms with van der Waals surface area (Å²) in [6.07, 6.45) is 10.7. The maximum Gasteiger partial charge on any atom is 0.321 e. The van der Waals surface area contributed by atoms with Gasteiger partial charge in [-0.15, -0.1) is 0 Å². The number of imidazole rings is 3. The fourth-order valence-electron chi connectivity index (χ4n) is 10.3. The van der Waals surface area contributed by atoms with E-state index in [0.29, 0.717) is 88.6 Å². The zero-order valence-electron chi connectivity index (χ0n) is 55.2. The Kier molecular flexibility index (Phi) is 21.7. The molecule has 27 heteroatoms. The van der Waals surface area contributed by atoms with Gasteiger partial charge in [0.15, 0.2) is 52.4 Å². The standard InChI is InChI=1S/C28H28ClN5O4S.C21H22ClN5O2.C20H22ClN5O2/c1-16-6-9-18(10-7-16)38-21(35)13-39-27-22-25(30-14-31-27)34(15-32-22)23(24(36)28(3,4)5)26(37)33-20-11-8-17(2)12-19(20)29;1-4-21(7-8-21)18(28)17(20(29)26-15-6-5-12(2)9-14(15)22)27-11-25-16-13(3)23-10-24-19(16)27;1-11-6-7-14(13(21)8-11)25-19(28)16(17(27)20(3,4)5)26-10-24-15-12(2)22-9-23-18(15)26/h6-12,14-15,23H,13H2,1-5H3,(H,33,37);5-6,9-11,17H,4,7-8H2,1-3H3,(H,26,29);6-10,16H,1-5H3,(H,25,28). The fourth-order valence-corrected chi connectivity index (χ4v) is 11.8. The molecule has 498 valence electrons. The number of hydrogen-bond acceptors (Lipinski definition) is 18. The number of hydrogen-bond donors (Lipinski definition) is 3. The summed E-state index contributed by atoms with van der Waals surface area (Å²) in [6, 6.07) is 19.6. The number of carbonyl (C=O) groups excluding carboxylic acids is 7. The number of amides is 3. The van der Waals surface area contributed by atoms with Crippen molar-refractivity contribution in [1.82, 2.24) is 58.6 Å². The lowest BCUT2D eigenvalue weighted by Crippen LogP contribution is -2.38. The van der Waals surface area contributed by atoms with E-state index in [0.717, 1.165) is 46.9 Å². The van der Waals surface area contributed by atoms with E-state index in [9.17, 15) is 33.6 Å². The summed E-state index contributed by atoms with van der Waals surface area (Å²) in [6.45, 7) is 23.8. The van der Waals surface area contributed by atoms with Crippen LogP contribution in [0.3, 0.4) is 0 Å². The molecule has 3 unspecified atom stereocenters. The van der Waals surface area contributed by atoms with Crippen LogP contribution in [0, 0.1) is 57.8 Å². The number of aromatic nitrogens is 12. The average Bonchev–Trinajstić information content (AvgIpc) is 1.59. The van der Waals surface area contributed by atoms with Crippen molar-refractivity contribution in [2.24, 2.45) is 16.2 Å². The third kappa shape index (κ3) is 16.1. The topological polar surface area (TPSA) is 296 Å². The Hall–Kier alpha value is -9.36. The quantitative estimate of drug-likeness (QED) is 0.0236. The molecule has 1 fully saturated rings. The van der Waals surface area contributed by atoms with E-state index in [1.807, 2.05) is 71.9 Å². The third-order valence-corrected chi connectivity index (χ3v) is 17.9. The van der Waals surface area contributed by atoms with E-state index in [4.69, 9.17) is 39.5 Å². The molecule has 1 saturated carbocycles. The van der Waals surface area contributed by atoms with Crippen LogP contribution in [0.4, 0.5) is 17.1 Å². The first-order valence-corrected chi connectivity index (χ1v) is 32.7. The summed E-state index contributed by atoms with van der Waals surface area (Å²) in [7, 11) is 0. The maximum absolute atomic E-state index is 13.5. The van der Waals surface area contributed by atoms with Gasteiger partial charge in [0, 0.05) is 16.2 Å². The molecule has 3 atom stereocenters. The molecule has 1 aliphatic carbocycles. The van der Waals surface area contributed by atoms with Gasteiger partial charge in [-0.1, -0.05) is 131 Å². The summed E-state index contributed by atoms with van der Waals surface area (Å²) in [5.41, 5.74) is 7.22. The molecule has 4 aromatic carbocycles. The minimum atomic E-state index is -1.27. The van der Waals surface area contributed by atoms with Crippen molar-refractivity contribution >= 4 is 138 Å². The smallest absolute Gasteiger partial charge is 0.321 e. The van der Waals surface area contributed by atoms with Crippen molar-refractivity contribution in [3.8, 4) is 5.75 Å². The molecule has 10 aromatic rings. The Bertz CT molecular complexity index is 4650. The molecule has 0 spiro atoms. The second kappa shape index (κ2) is 29.3. The van der Waals surface area contributed by atoms with Gasteiger partial charge in [0.1, 0.15) is 46.3 Å². The number of anilines is 3. The number of halogens is 3. The zero-order valence-corrected chi connectivity index (χ0v) is 58.3. The van der Waals surface area contributed by atoms with Crippen LogP contribution in [0.25, 0.3) is 33.5 Å². The van der Waals surface area contributed by atoms with E-state index in [2.05, 4.69) is 60.8 Å². The van der Waals surface area contributed by atoms with Gasteiger partial charge in [0.25, 0.3) is 17.7 Å². The third-order valence-electron chi connectivity index (χ3n) is 16.0. The van der Waals surface area contributed by atoms with Crippen LogP contribution in [0.15, 0.2) is 122 Å². The van der Waals surface area contributed by atoms with Gasteiger partial charge in [0.05, 0.1) is 68.3 Å². The molecule has 1 aliphatic rings. The van der Waals surface area contributed by atoms with Crippen molar-refractivity contribution in [2.45, 2.75) is 132 Å². The number of carbonyl (C=O) groups is 7. The zero-order chi connectivity index (χ0) is 69.7. The largest absolute Gasteiger partial charge is 0.426 e. The van der Waals surface area contributed by atoms with Gasteiger partial charge in [-0.3, -0.25) is 47.3 Å². The van der Waals surface area contributed by atoms with Crippen LogP contribution in [-0.2, 0) is 33.6 Å². The van der Waals surface area contributed by atoms with Gasteiger partial charge >= 0.3 is 5.97 Å². The average molecular weight is 1380 g/mol. The predicted octanol–water partition coefficient (Wildman–Crippen LogP) is 13.5. The van der Waals surface area contributed by atoms with E-state index in [1.54, 1.807) is 102 Å². The first-order chi connectivity index (χ1) is 45.4. The highest BCUT2D eigenvalue weighted by Gasteiger charge is 2.53. The molecule has 11 rings (SSSR count). The minimum absolute atomic E-state index is 0.0242. The van der Waals surface area contributed by atoms with E-state index >= 15 is 0 Å². The molecule has 0 radical (unpaired) electrons. The van der Waals surface area contributed by atoms with Crippen LogP contribution in [0.2, 0.25) is 15.1 Å². The number of ether oxygens (including phenoxy) is 1. The molecule has 3 N–H and O–H groups in total. The molecular formula is C69H72Cl3N15O8S. The Morgan fingerprint density at radius 2 is 0.865 bits per heavy atom. The molecule has 0 bridgehead atoms. The first kappa shape index (κ1) is 70.9. The highest BCUT2D eigenvalue weighted by Crippen LogP contribution is 2.52. The fraction of sp³-hybridized carbons (Fsp3) is 0.333. The Morgan fingerprint density at radius 1 is 0.500 bits per heavy atom. The van der Waals surface area contributed by atoms with Crippen LogP contribution >= 0.6 is 46.6 Å². The van der Waals surface area contributed by atoms with Gasteiger partial charge in [-0.25, -0.2) is 44.9 Å². The normalized spacial score (nSPS) is 13.5. The lowest BCUT2D eigenvalue weighted by molar-refractivity contribution is -0.136. The Morgan fingerprint density at radius 3 is 1.25 bits per heavy atom. The minimum Gasteiger partial charge on any atom is -0.426 e. The van der Waals surface area contributed by atoms with Gasteiger partial charge < -0.3 is 20.7 Å². The van der Waals surface area contributed by atoms with Crippen molar-refractivity contribution < 1.29 is 38.3 Å². The molecule has 96 heavy (non-hydrogen) atoms. The van der Waals surface area contributed by atoms with Crippen molar-refractivity contribution in [2.75, 3.05) is 21.7 Å². The van der Waals surface area contributed by atoms with Gasteiger partial charge in [0.2, 0.25) is 0 Å². The summed E-state index contributed by atoms with van der Waals surface area (Å²) >= 11 is 20.0. The van der Waals surface area contributed by atoms with E-state index < -0.39 is 58.1 Å². The lowest BCUT2D eigenvalue weighted by Gasteiger charge is -2.25. The number of Topliss-reactive ketones (excluding diaryl/α,β-unsaturated/α-hetero) is 3. The summed E-state index contributed by atoms with van der Waals surface area (Å²) in [4.78, 5) is 131. The van der Waals surface area contributed by atoms with Crippen LogP contribution in [0.5, 0.6) is 5.75 Å². The SMILES string of the molecule is CCC1(C(=O)C(C(=O)Nc2ccc(C)cc2Cl)n2cnc3c(C)ncnc32)CC1.Cc1ccc(NC(=O)C(C(=O)C(C)(C)C)n2cnc3c(C)ncnc32)c(Cl)c1.Cc1ccc(OC(=O)CSc2ncnc3c2ncn3C(C(=O)Nc2ccc(C)cc2Cl)C(=O)C(C)(C)C)cc1. The number of nitrogens with zero attached hydrogens (tertiary/aromatic N) is 12. The Balaban J connectivity index is 0.000000172. The van der Waals surface area contributed by atoms with Crippen LogP contribution < -0.4 is 20.7 Å². The van der Waals surface area contributed by atoms with E-state index in [-0.39, 0.29) is 28.7 Å². The maximum atomic E-state index is 13.5. The molecule has 23 nitrogen and oxygen atoms in total. The van der Waals surface area contributed by atoms with Gasteiger partial charge in [-0.2, -0.15) is 0 Å². The summed E-state index contributed by atoms with van der Waals surface area (Å²) in [5.74, 6) is -2.26. The Labute approximate surface area is 573 Å².